The third kappa shape index (κ3) is 2.91. The van der Waals surface area contributed by atoms with Gasteiger partial charge in [0.2, 0.25) is 12.4 Å². The van der Waals surface area contributed by atoms with E-state index in [0.717, 1.165) is 10.3 Å². The minimum Gasteiger partial charge on any atom is -0.465 e. The van der Waals surface area contributed by atoms with Gasteiger partial charge >= 0.3 is 5.97 Å². The number of carbonyl (C=O) groups is 1. The molecule has 106 valence electrons. The Bertz CT molecular complexity index is 623. The molecule has 0 aliphatic carbocycles. The van der Waals surface area contributed by atoms with Crippen molar-refractivity contribution < 1.29 is 19.5 Å². The van der Waals surface area contributed by atoms with E-state index in [2.05, 4.69) is 5.10 Å². The fourth-order valence-electron chi connectivity index (χ4n) is 1.77. The Labute approximate surface area is 121 Å². The number of pyridine rings is 1. The first-order chi connectivity index (χ1) is 9.52. The summed E-state index contributed by atoms with van der Waals surface area (Å²) in [6.07, 6.45) is 2.96. The summed E-state index contributed by atoms with van der Waals surface area (Å²) in [5, 5.41) is 14.0. The van der Waals surface area contributed by atoms with Gasteiger partial charge in [-0.1, -0.05) is 11.6 Å². The summed E-state index contributed by atoms with van der Waals surface area (Å²) >= 11 is 6.24. The van der Waals surface area contributed by atoms with Crippen molar-refractivity contribution >= 4 is 17.6 Å². The predicted molar refractivity (Wildman–Crippen MR) is 71.4 cm³/mol. The molecule has 0 radical (unpaired) electrons. The molecule has 0 aliphatic heterocycles. The SMILES string of the molecule is CCOC(=O)Cn1nc(-c2cc[n+](O)cc2)c(Cl)c1C. The van der Waals surface area contributed by atoms with Gasteiger partial charge in [-0.25, -0.2) is 0 Å². The highest BCUT2D eigenvalue weighted by molar-refractivity contribution is 6.33. The molecule has 0 spiro atoms. The molecule has 0 aliphatic rings. The van der Waals surface area contributed by atoms with Gasteiger partial charge < -0.3 is 4.74 Å². The minimum absolute atomic E-state index is 0.0201. The first kappa shape index (κ1) is 14.3. The van der Waals surface area contributed by atoms with Crippen molar-refractivity contribution in [1.82, 2.24) is 9.78 Å². The van der Waals surface area contributed by atoms with E-state index in [9.17, 15) is 10.0 Å². The molecule has 0 fully saturated rings. The molecule has 0 aromatic carbocycles. The average molecular weight is 297 g/mol. The Kier molecular flexibility index (Phi) is 4.24. The van der Waals surface area contributed by atoms with E-state index in [1.165, 1.54) is 17.1 Å². The average Bonchev–Trinajstić information content (AvgIpc) is 2.68. The molecule has 2 aromatic heterocycles. The molecule has 2 aromatic rings. The zero-order valence-electron chi connectivity index (χ0n) is 11.2. The number of hydrogen-bond acceptors (Lipinski definition) is 4. The summed E-state index contributed by atoms with van der Waals surface area (Å²) in [6, 6.07) is 3.37. The van der Waals surface area contributed by atoms with E-state index >= 15 is 0 Å². The zero-order chi connectivity index (χ0) is 14.7. The monoisotopic (exact) mass is 296 g/mol. The fourth-order valence-corrected chi connectivity index (χ4v) is 2.01. The molecule has 6 nitrogen and oxygen atoms in total. The normalized spacial score (nSPS) is 10.6. The van der Waals surface area contributed by atoms with Crippen LogP contribution in [0.1, 0.15) is 12.6 Å². The number of esters is 1. The molecule has 0 saturated carbocycles. The first-order valence-electron chi connectivity index (χ1n) is 6.12. The Morgan fingerprint density at radius 2 is 2.15 bits per heavy atom. The molecule has 2 heterocycles. The van der Waals surface area contributed by atoms with Crippen LogP contribution in [-0.2, 0) is 16.1 Å². The number of aromatic nitrogens is 3. The number of nitrogens with zero attached hydrogens (tertiary/aromatic N) is 3. The van der Waals surface area contributed by atoms with Gasteiger partial charge in [-0.15, -0.1) is 0 Å². The number of rotatable bonds is 4. The van der Waals surface area contributed by atoms with E-state index in [0.29, 0.717) is 23.0 Å². The molecule has 7 heteroatoms. The molecule has 0 atom stereocenters. The Hall–Kier alpha value is -2.08. The highest BCUT2D eigenvalue weighted by Crippen LogP contribution is 2.28. The summed E-state index contributed by atoms with van der Waals surface area (Å²) < 4.78 is 7.33. The van der Waals surface area contributed by atoms with Crippen molar-refractivity contribution in [3.63, 3.8) is 0 Å². The first-order valence-corrected chi connectivity index (χ1v) is 6.50. The molecule has 0 amide bonds. The van der Waals surface area contributed by atoms with Crippen LogP contribution in [0.2, 0.25) is 5.02 Å². The predicted octanol–water partition coefficient (Wildman–Crippen LogP) is 1.60. The summed E-state index contributed by atoms with van der Waals surface area (Å²) in [7, 11) is 0. The van der Waals surface area contributed by atoms with Crippen LogP contribution < -0.4 is 4.73 Å². The van der Waals surface area contributed by atoms with Crippen LogP contribution in [0.4, 0.5) is 0 Å². The maximum atomic E-state index is 11.5. The van der Waals surface area contributed by atoms with Gasteiger partial charge in [-0.2, -0.15) is 5.10 Å². The molecule has 20 heavy (non-hydrogen) atoms. The van der Waals surface area contributed by atoms with Crippen molar-refractivity contribution in [3.8, 4) is 11.3 Å². The van der Waals surface area contributed by atoms with Gasteiger partial charge in [0, 0.05) is 22.4 Å². The maximum Gasteiger partial charge on any atom is 0.327 e. The van der Waals surface area contributed by atoms with Crippen LogP contribution in [0.5, 0.6) is 0 Å². The summed E-state index contributed by atoms with van der Waals surface area (Å²) in [5.74, 6) is -0.359. The second kappa shape index (κ2) is 5.92. The van der Waals surface area contributed by atoms with E-state index in [4.69, 9.17) is 16.3 Å². The molecular formula is C13H15ClN3O3+. The van der Waals surface area contributed by atoms with Crippen LogP contribution in [0.15, 0.2) is 24.5 Å². The Morgan fingerprint density at radius 1 is 1.50 bits per heavy atom. The number of hydrogen-bond donors (Lipinski definition) is 1. The molecule has 0 unspecified atom stereocenters. The number of halogens is 1. The fraction of sp³-hybridized carbons (Fsp3) is 0.308. The van der Waals surface area contributed by atoms with Gasteiger partial charge in [0.25, 0.3) is 0 Å². The smallest absolute Gasteiger partial charge is 0.327 e. The summed E-state index contributed by atoms with van der Waals surface area (Å²) in [4.78, 5) is 11.5. The van der Waals surface area contributed by atoms with Gasteiger partial charge in [0.1, 0.15) is 12.2 Å². The van der Waals surface area contributed by atoms with Crippen molar-refractivity contribution in [2.75, 3.05) is 6.61 Å². The highest BCUT2D eigenvalue weighted by atomic mass is 35.5. The third-order valence-corrected chi connectivity index (χ3v) is 3.26. The van der Waals surface area contributed by atoms with Gasteiger partial charge in [-0.3, -0.25) is 14.7 Å². The summed E-state index contributed by atoms with van der Waals surface area (Å²) in [5.41, 5.74) is 2.01. The highest BCUT2D eigenvalue weighted by Gasteiger charge is 2.17. The van der Waals surface area contributed by atoms with Crippen molar-refractivity contribution in [1.29, 1.82) is 0 Å². The van der Waals surface area contributed by atoms with E-state index in [1.54, 1.807) is 26.0 Å². The third-order valence-electron chi connectivity index (χ3n) is 2.80. The summed E-state index contributed by atoms with van der Waals surface area (Å²) in [6.45, 7) is 3.88. The zero-order valence-corrected chi connectivity index (χ0v) is 12.0. The molecule has 0 saturated heterocycles. The second-order valence-electron chi connectivity index (χ2n) is 4.18. The van der Waals surface area contributed by atoms with E-state index in [1.807, 2.05) is 0 Å². The minimum atomic E-state index is -0.359. The van der Waals surface area contributed by atoms with Crippen LogP contribution >= 0.6 is 11.6 Å². The quantitative estimate of drug-likeness (QED) is 0.529. The van der Waals surface area contributed by atoms with E-state index in [-0.39, 0.29) is 12.5 Å². The van der Waals surface area contributed by atoms with Crippen LogP contribution in [0.3, 0.4) is 0 Å². The van der Waals surface area contributed by atoms with Crippen molar-refractivity contribution in [3.05, 3.63) is 35.2 Å². The lowest BCUT2D eigenvalue weighted by Gasteiger charge is -2.03. The maximum absolute atomic E-state index is 11.5. The van der Waals surface area contributed by atoms with Crippen molar-refractivity contribution in [2.45, 2.75) is 20.4 Å². The molecule has 2 rings (SSSR count). The van der Waals surface area contributed by atoms with Gasteiger partial charge in [0.05, 0.1) is 17.3 Å². The number of ether oxygens (including phenoxy) is 1. The van der Waals surface area contributed by atoms with Gasteiger partial charge in [-0.05, 0) is 13.8 Å². The molecule has 0 bridgehead atoms. The van der Waals surface area contributed by atoms with Crippen LogP contribution in [0, 0.1) is 6.92 Å². The van der Waals surface area contributed by atoms with Crippen LogP contribution in [-0.4, -0.2) is 27.6 Å². The Morgan fingerprint density at radius 3 is 2.75 bits per heavy atom. The second-order valence-corrected chi connectivity index (χ2v) is 4.56. The van der Waals surface area contributed by atoms with Gasteiger partial charge in [0.15, 0.2) is 0 Å². The van der Waals surface area contributed by atoms with E-state index < -0.39 is 0 Å². The van der Waals surface area contributed by atoms with Crippen LogP contribution in [0.25, 0.3) is 11.3 Å². The lowest BCUT2D eigenvalue weighted by Crippen LogP contribution is -2.27. The largest absolute Gasteiger partial charge is 0.465 e. The Balaban J connectivity index is 2.32. The topological polar surface area (TPSA) is 68.2 Å². The molecular weight excluding hydrogens is 282 g/mol. The molecule has 1 N–H and O–H groups in total. The number of carbonyl (C=O) groups excluding carboxylic acids is 1. The van der Waals surface area contributed by atoms with Crippen molar-refractivity contribution in [2.24, 2.45) is 0 Å². The lowest BCUT2D eigenvalue weighted by atomic mass is 10.2. The lowest BCUT2D eigenvalue weighted by molar-refractivity contribution is -0.904. The standard InChI is InChI=1S/C13H15ClN3O3/c1-3-20-11(18)8-17-9(2)12(14)13(15-17)10-4-6-16(19)7-5-10/h4-7,19H,3,8H2,1-2H3/q+1.